The fourth-order valence-corrected chi connectivity index (χ4v) is 2.47. The minimum absolute atomic E-state index is 0.147. The van der Waals surface area contributed by atoms with E-state index in [2.05, 4.69) is 0 Å². The first kappa shape index (κ1) is 9.36. The molecule has 1 unspecified atom stereocenters. The van der Waals surface area contributed by atoms with E-state index in [1.165, 1.54) is 0 Å². The van der Waals surface area contributed by atoms with Crippen molar-refractivity contribution in [2.24, 2.45) is 5.92 Å². The molecule has 2 fully saturated rings. The lowest BCUT2D eigenvalue weighted by Crippen LogP contribution is -2.39. The van der Waals surface area contributed by atoms with Gasteiger partial charge in [0.25, 0.3) is 0 Å². The van der Waals surface area contributed by atoms with Crippen LogP contribution in [0, 0.1) is 5.92 Å². The van der Waals surface area contributed by atoms with Gasteiger partial charge in [-0.3, -0.25) is 4.90 Å². The van der Waals surface area contributed by atoms with E-state index in [9.17, 15) is 15.3 Å². The van der Waals surface area contributed by atoms with Crippen molar-refractivity contribution in [1.29, 1.82) is 0 Å². The van der Waals surface area contributed by atoms with Crippen molar-refractivity contribution in [3.05, 3.63) is 0 Å². The monoisotopic (exact) mass is 189 g/mol. The normalized spacial score (nSPS) is 51.2. The molecule has 76 valence electrons. The lowest BCUT2D eigenvalue weighted by molar-refractivity contribution is 0.00494. The Balaban J connectivity index is 2.15. The highest BCUT2D eigenvalue weighted by Gasteiger charge is 2.51. The van der Waals surface area contributed by atoms with E-state index in [0.717, 1.165) is 0 Å². The Labute approximate surface area is 76.2 Å². The van der Waals surface area contributed by atoms with Crippen LogP contribution in [-0.2, 0) is 0 Å². The van der Waals surface area contributed by atoms with E-state index in [0.29, 0.717) is 13.1 Å². The molecular formula is C8H15NO4. The van der Waals surface area contributed by atoms with E-state index in [1.807, 2.05) is 4.90 Å². The summed E-state index contributed by atoms with van der Waals surface area (Å²) in [5.41, 5.74) is 0. The summed E-state index contributed by atoms with van der Waals surface area (Å²) in [6.45, 7) is 0.676. The quantitative estimate of drug-likeness (QED) is 0.363. The number of hydrogen-bond donors (Lipinski definition) is 4. The summed E-state index contributed by atoms with van der Waals surface area (Å²) in [5.74, 6) is -0.327. The molecule has 2 aliphatic heterocycles. The first-order valence-corrected chi connectivity index (χ1v) is 4.54. The second-order valence-corrected chi connectivity index (χ2v) is 3.92. The van der Waals surface area contributed by atoms with E-state index in [4.69, 9.17) is 5.11 Å². The summed E-state index contributed by atoms with van der Waals surface area (Å²) >= 11 is 0. The van der Waals surface area contributed by atoms with Gasteiger partial charge in [-0.2, -0.15) is 0 Å². The molecule has 0 bridgehead atoms. The van der Waals surface area contributed by atoms with Gasteiger partial charge in [-0.1, -0.05) is 0 Å². The van der Waals surface area contributed by atoms with Gasteiger partial charge >= 0.3 is 0 Å². The highest BCUT2D eigenvalue weighted by Crippen LogP contribution is 2.33. The highest BCUT2D eigenvalue weighted by atomic mass is 16.3. The minimum Gasteiger partial charge on any atom is -0.396 e. The van der Waals surface area contributed by atoms with E-state index < -0.39 is 18.3 Å². The minimum atomic E-state index is -0.839. The van der Waals surface area contributed by atoms with Gasteiger partial charge in [0.15, 0.2) is 0 Å². The molecule has 5 nitrogen and oxygen atoms in total. The predicted octanol–water partition coefficient (Wildman–Crippen LogP) is -2.62. The third kappa shape index (κ3) is 1.28. The molecule has 0 spiro atoms. The molecule has 0 radical (unpaired) electrons. The summed E-state index contributed by atoms with van der Waals surface area (Å²) in [7, 11) is 0. The molecule has 0 amide bonds. The molecule has 0 aromatic carbocycles. The summed E-state index contributed by atoms with van der Waals surface area (Å²) in [6.07, 6.45) is -2.17. The fourth-order valence-electron chi connectivity index (χ4n) is 2.47. The number of aliphatic hydroxyl groups excluding tert-OH is 4. The van der Waals surface area contributed by atoms with Crippen LogP contribution in [0.4, 0.5) is 0 Å². The zero-order chi connectivity index (χ0) is 9.59. The second kappa shape index (κ2) is 3.18. The van der Waals surface area contributed by atoms with Crippen molar-refractivity contribution < 1.29 is 20.4 Å². The van der Waals surface area contributed by atoms with Crippen LogP contribution in [-0.4, -0.2) is 69.4 Å². The SMILES string of the molecule is OC[C@@H]1C2[C@H](O)[C@H](O)CN2C[C@H]1O. The number of fused-ring (bicyclic) bond motifs is 1. The van der Waals surface area contributed by atoms with Crippen molar-refractivity contribution >= 4 is 0 Å². The summed E-state index contributed by atoms with van der Waals surface area (Å²) in [4.78, 5) is 1.83. The molecule has 13 heavy (non-hydrogen) atoms. The van der Waals surface area contributed by atoms with Gasteiger partial charge in [0, 0.05) is 25.0 Å². The van der Waals surface area contributed by atoms with Crippen molar-refractivity contribution in [2.75, 3.05) is 19.7 Å². The molecule has 2 rings (SSSR count). The Morgan fingerprint density at radius 1 is 1.08 bits per heavy atom. The third-order valence-corrected chi connectivity index (χ3v) is 3.15. The molecule has 4 N–H and O–H groups in total. The third-order valence-electron chi connectivity index (χ3n) is 3.15. The van der Waals surface area contributed by atoms with Gasteiger partial charge in [-0.05, 0) is 0 Å². The van der Waals surface area contributed by atoms with Crippen LogP contribution >= 0.6 is 0 Å². The molecule has 0 aliphatic carbocycles. The van der Waals surface area contributed by atoms with Gasteiger partial charge in [0.2, 0.25) is 0 Å². The Morgan fingerprint density at radius 2 is 1.69 bits per heavy atom. The van der Waals surface area contributed by atoms with Gasteiger partial charge < -0.3 is 20.4 Å². The first-order chi connectivity index (χ1) is 6.15. The number of hydrogen-bond acceptors (Lipinski definition) is 5. The second-order valence-electron chi connectivity index (χ2n) is 3.92. The molecule has 0 aromatic rings. The molecule has 2 heterocycles. The summed E-state index contributed by atoms with van der Waals surface area (Å²) in [6, 6.07) is -0.282. The van der Waals surface area contributed by atoms with Crippen LogP contribution in [0.15, 0.2) is 0 Å². The average Bonchev–Trinajstić information content (AvgIpc) is 2.51. The highest BCUT2D eigenvalue weighted by molar-refractivity contribution is 5.04. The summed E-state index contributed by atoms with van der Waals surface area (Å²) in [5, 5.41) is 37.4. The molecule has 5 atom stereocenters. The van der Waals surface area contributed by atoms with E-state index in [1.54, 1.807) is 0 Å². The van der Waals surface area contributed by atoms with Crippen molar-refractivity contribution in [2.45, 2.75) is 24.4 Å². The van der Waals surface area contributed by atoms with E-state index >= 15 is 0 Å². The Hall–Kier alpha value is -0.200. The maximum atomic E-state index is 9.57. The van der Waals surface area contributed by atoms with Gasteiger partial charge in [-0.25, -0.2) is 0 Å². The zero-order valence-corrected chi connectivity index (χ0v) is 7.24. The lowest BCUT2D eigenvalue weighted by Gasteiger charge is -2.22. The van der Waals surface area contributed by atoms with Crippen molar-refractivity contribution in [3.63, 3.8) is 0 Å². The maximum Gasteiger partial charge on any atom is 0.0971 e. The van der Waals surface area contributed by atoms with Gasteiger partial charge in [0.05, 0.1) is 24.9 Å². The smallest absolute Gasteiger partial charge is 0.0971 e. The van der Waals surface area contributed by atoms with Gasteiger partial charge in [0.1, 0.15) is 0 Å². The molecule has 2 aliphatic rings. The van der Waals surface area contributed by atoms with E-state index in [-0.39, 0.29) is 18.6 Å². The lowest BCUT2D eigenvalue weighted by atomic mass is 9.94. The van der Waals surface area contributed by atoms with Crippen LogP contribution in [0.1, 0.15) is 0 Å². The molecule has 0 saturated carbocycles. The number of aliphatic hydroxyl groups is 4. The molecular weight excluding hydrogens is 174 g/mol. The largest absolute Gasteiger partial charge is 0.396 e. The molecule has 0 aromatic heterocycles. The van der Waals surface area contributed by atoms with Crippen LogP contribution in [0.2, 0.25) is 0 Å². The van der Waals surface area contributed by atoms with Crippen LogP contribution in [0.25, 0.3) is 0 Å². The number of rotatable bonds is 1. The fraction of sp³-hybridized carbons (Fsp3) is 1.00. The zero-order valence-electron chi connectivity index (χ0n) is 7.24. The Bertz CT molecular complexity index is 201. The van der Waals surface area contributed by atoms with Crippen LogP contribution < -0.4 is 0 Å². The molecule has 5 heteroatoms. The van der Waals surface area contributed by atoms with Crippen LogP contribution in [0.5, 0.6) is 0 Å². The number of nitrogens with zero attached hydrogens (tertiary/aromatic N) is 1. The Kier molecular flexibility index (Phi) is 2.29. The van der Waals surface area contributed by atoms with Gasteiger partial charge in [-0.15, -0.1) is 0 Å². The first-order valence-electron chi connectivity index (χ1n) is 4.54. The Morgan fingerprint density at radius 3 is 2.31 bits per heavy atom. The standard InChI is InChI=1S/C8H15NO4/c10-3-4-5(11)1-9-2-6(12)8(13)7(4)9/h4-8,10-13H,1-3H2/t4-,5+,6+,7?,8+/m0/s1. The summed E-state index contributed by atoms with van der Waals surface area (Å²) < 4.78 is 0. The predicted molar refractivity (Wildman–Crippen MR) is 44.0 cm³/mol. The van der Waals surface area contributed by atoms with Crippen LogP contribution in [0.3, 0.4) is 0 Å². The van der Waals surface area contributed by atoms with Crippen molar-refractivity contribution in [1.82, 2.24) is 4.90 Å². The maximum absolute atomic E-state index is 9.57. The average molecular weight is 189 g/mol. The topological polar surface area (TPSA) is 84.2 Å². The van der Waals surface area contributed by atoms with Crippen molar-refractivity contribution in [3.8, 4) is 0 Å². The molecule has 2 saturated heterocycles.